The van der Waals surface area contributed by atoms with E-state index >= 15 is 0 Å². The minimum Gasteiger partial charge on any atom is -0.497 e. The van der Waals surface area contributed by atoms with Crippen LogP contribution in [0.5, 0.6) is 5.75 Å². The molecule has 11 aromatic rings. The Morgan fingerprint density at radius 2 is 0.901 bits per heavy atom. The van der Waals surface area contributed by atoms with E-state index in [1.807, 2.05) is 25.1 Å². The quantitative estimate of drug-likeness (QED) is 0.0945. The molecule has 586 valence electrons. The lowest BCUT2D eigenvalue weighted by atomic mass is 9.86. The summed E-state index contributed by atoms with van der Waals surface area (Å²) in [5.74, 6) is 2.28. The lowest BCUT2D eigenvalue weighted by Crippen LogP contribution is -2.38. The number of aromatic amines is 3. The van der Waals surface area contributed by atoms with Crippen LogP contribution >= 0.6 is 73.9 Å². The fraction of sp³-hybridized carbons (Fsp3) is 0.341. The van der Waals surface area contributed by atoms with Crippen molar-refractivity contribution in [1.82, 2.24) is 32.2 Å². The molecule has 5 aliphatic rings. The average molecular weight is 1740 g/mol. The fourth-order valence-electron chi connectivity index (χ4n) is 16.4. The van der Waals surface area contributed by atoms with Crippen LogP contribution in [0.4, 0.5) is 0 Å². The van der Waals surface area contributed by atoms with Crippen molar-refractivity contribution in [1.29, 1.82) is 0 Å². The highest BCUT2D eigenvalue weighted by Gasteiger charge is 2.38. The van der Waals surface area contributed by atoms with Gasteiger partial charge in [0.2, 0.25) is 40.1 Å². The first-order valence-corrected chi connectivity index (χ1v) is 45.9. The minimum atomic E-state index is -3.64. The smallest absolute Gasteiger partial charge is 0.244 e. The predicted molar refractivity (Wildman–Crippen MR) is 455 cm³/mol. The Labute approximate surface area is 686 Å². The van der Waals surface area contributed by atoms with E-state index in [2.05, 4.69) is 137 Å². The fourth-order valence-corrected chi connectivity index (χ4v) is 24.9. The molecule has 4 aliphatic heterocycles. The summed E-state index contributed by atoms with van der Waals surface area (Å²) in [5, 5.41) is 5.44. The highest BCUT2D eigenvalue weighted by atomic mass is 79.9. The summed E-state index contributed by atoms with van der Waals surface area (Å²) in [5.41, 5.74) is 17.3. The second-order valence-corrected chi connectivity index (χ2v) is 40.2. The predicted octanol–water partition coefficient (Wildman–Crippen LogP) is 21.1. The van der Waals surface area contributed by atoms with E-state index in [-0.39, 0.29) is 14.8 Å². The molecule has 0 bridgehead atoms. The first kappa shape index (κ1) is 82.5. The molecule has 4 saturated heterocycles. The van der Waals surface area contributed by atoms with Crippen LogP contribution in [0.1, 0.15) is 137 Å². The van der Waals surface area contributed by atoms with Crippen LogP contribution in [0.25, 0.3) is 38.3 Å². The number of benzene rings is 8. The Morgan fingerprint density at radius 3 is 1.41 bits per heavy atom. The summed E-state index contributed by atoms with van der Waals surface area (Å²) in [4.78, 5) is 11.1. The molecule has 16 nitrogen and oxygen atoms in total. The zero-order chi connectivity index (χ0) is 79.0. The van der Waals surface area contributed by atoms with E-state index in [0.29, 0.717) is 123 Å². The summed E-state index contributed by atoms with van der Waals surface area (Å²) >= 11 is 33.8. The summed E-state index contributed by atoms with van der Waals surface area (Å²) < 4.78 is 117. The zero-order valence-electron chi connectivity index (χ0n) is 63.0. The second-order valence-electron chi connectivity index (χ2n) is 29.5. The van der Waals surface area contributed by atoms with Gasteiger partial charge in [-0.05, 0) is 281 Å². The summed E-state index contributed by atoms with van der Waals surface area (Å²) in [6, 6.07) is 43.3. The van der Waals surface area contributed by atoms with E-state index in [1.54, 1.807) is 76.3 Å². The van der Waals surface area contributed by atoms with Crippen LogP contribution in [0, 0.1) is 40.5 Å². The van der Waals surface area contributed by atoms with E-state index in [9.17, 15) is 33.7 Å². The van der Waals surface area contributed by atoms with Crippen molar-refractivity contribution in [3.63, 3.8) is 0 Å². The van der Waals surface area contributed by atoms with Gasteiger partial charge in [0, 0.05) is 128 Å². The molecule has 0 atom stereocenters. The molecule has 0 saturated carbocycles. The van der Waals surface area contributed by atoms with Gasteiger partial charge in [0.25, 0.3) is 0 Å². The van der Waals surface area contributed by atoms with Gasteiger partial charge in [0.1, 0.15) is 10.6 Å². The van der Waals surface area contributed by atoms with Crippen molar-refractivity contribution in [3.8, 4) is 5.75 Å². The molecule has 16 rings (SSSR count). The molecule has 3 N–H and O–H groups in total. The van der Waals surface area contributed by atoms with Crippen molar-refractivity contribution in [2.24, 2.45) is 5.92 Å². The Morgan fingerprint density at radius 1 is 0.441 bits per heavy atom. The van der Waals surface area contributed by atoms with Crippen LogP contribution in [-0.4, -0.2) is 125 Å². The van der Waals surface area contributed by atoms with Gasteiger partial charge in [-0.2, -0.15) is 17.2 Å². The Hall–Kier alpha value is -6.51. The highest BCUT2D eigenvalue weighted by molar-refractivity contribution is 9.10. The topological polar surface area (TPSA) is 206 Å². The maximum atomic E-state index is 13.3. The molecule has 8 aromatic carbocycles. The summed E-state index contributed by atoms with van der Waals surface area (Å²) in [6.45, 7) is 15.9. The highest BCUT2D eigenvalue weighted by Crippen LogP contribution is 2.44. The van der Waals surface area contributed by atoms with Crippen molar-refractivity contribution in [3.05, 3.63) is 255 Å². The number of hydrogen-bond acceptors (Lipinski definition) is 9. The number of rotatable bonds is 14. The first-order chi connectivity index (χ1) is 52.9. The van der Waals surface area contributed by atoms with Crippen LogP contribution in [-0.2, 0) is 52.9 Å². The zero-order valence-corrected chi connectivity index (χ0v) is 71.6. The average Bonchev–Trinajstić information content (AvgIpc) is 1.33. The van der Waals surface area contributed by atoms with E-state index < -0.39 is 40.1 Å². The summed E-state index contributed by atoms with van der Waals surface area (Å²) in [6.07, 6.45) is 16.7. The molecular formula is C85H91BrCl5N7O9S4. The molecule has 7 heterocycles. The van der Waals surface area contributed by atoms with Gasteiger partial charge < -0.3 is 19.7 Å². The lowest BCUT2D eigenvalue weighted by Gasteiger charge is -2.32. The maximum Gasteiger partial charge on any atom is 0.244 e. The number of allylic oxidation sites excluding steroid dienone is 2. The van der Waals surface area contributed by atoms with Crippen LogP contribution in [0.15, 0.2) is 188 Å². The first-order valence-electron chi connectivity index (χ1n) is 37.5. The van der Waals surface area contributed by atoms with Crippen molar-refractivity contribution in [2.75, 3.05) is 59.5 Å². The number of methoxy groups -OCH3 is 1. The maximum absolute atomic E-state index is 13.3. The van der Waals surface area contributed by atoms with Gasteiger partial charge in [0.05, 0.1) is 26.8 Å². The molecule has 0 radical (unpaired) electrons. The van der Waals surface area contributed by atoms with E-state index in [1.165, 1.54) is 83.4 Å². The minimum absolute atomic E-state index is 0.136. The van der Waals surface area contributed by atoms with Gasteiger partial charge in [-0.15, -0.1) is 0 Å². The van der Waals surface area contributed by atoms with Crippen molar-refractivity contribution >= 4 is 152 Å². The van der Waals surface area contributed by atoms with Crippen LogP contribution in [0.2, 0.25) is 25.1 Å². The van der Waals surface area contributed by atoms with Gasteiger partial charge >= 0.3 is 0 Å². The summed E-state index contributed by atoms with van der Waals surface area (Å²) in [7, 11) is -12.5. The SMILES string of the molecule is CCc1cc(Br)ccc1S(=O)(=O)N1CCC(c2c[nH]c3ccc(OC)cc23)CC1.Cc1ccc2[nH]cc(C3CCN(S(=O)(=O)c4cc(C)c(Cl)cc4Cl)CC3)c2c1.Cc1ccc2[nH]cc(C3CCN(S(=O)(=O)c4cccc(Cl)c4C)CC3)c2c1.Cc1cccc2c1CC=C2C1CCN(S(=O)(=O)c2cc(Cl)cc(Cl)c2)CC1. The number of fused-ring (bicyclic) bond motifs is 4. The molecule has 0 spiro atoms. The van der Waals surface area contributed by atoms with Crippen molar-refractivity contribution < 1.29 is 38.4 Å². The van der Waals surface area contributed by atoms with Crippen molar-refractivity contribution in [2.45, 2.75) is 143 Å². The number of ether oxygens (including phenoxy) is 1. The number of halogens is 6. The number of nitrogens with one attached hydrogen (secondary N) is 3. The Kier molecular flexibility index (Phi) is 25.6. The molecule has 26 heteroatoms. The molecule has 4 fully saturated rings. The number of H-pyrrole nitrogens is 3. The number of nitrogens with zero attached hydrogens (tertiary/aromatic N) is 4. The third-order valence-electron chi connectivity index (χ3n) is 22.6. The van der Waals surface area contributed by atoms with E-state index in [0.717, 1.165) is 95.5 Å². The van der Waals surface area contributed by atoms with Gasteiger partial charge in [-0.1, -0.05) is 134 Å². The standard InChI is InChI=1S/C22H25BrN2O3S.C21H22Cl2N2O2S.C21H21Cl2NO2S.C21H23ClN2O2S/c1-3-15-12-17(23)4-7-22(15)29(26,27)25-10-8-16(9-11-25)20-14-24-21-6-5-18(28-2)13-19(20)21;1-13-3-4-20-16(9-13)17(12-24-20)15-5-7-25(8-6-15)28(26,27)21-10-14(2)18(22)11-19(21)23;1-14-3-2-4-21-19(14)5-6-20(21)15-7-9-24(10-8-15)27(25,26)18-12-16(22)11-17(23)13-18;1-14-6-7-20-17(12-14)18(13-23-20)16-8-10-24(11-9-16)27(25,26)21-5-3-4-19(22)15(21)2/h4-7,12-14,16,24H,3,8-11H2,1-2H3;3-4,9-12,15,24H,5-8H2,1-2H3;2-4,6,11-13,15H,5,7-10H2,1H3;3-7,12-13,16,23H,8-11H2,1-2H3. The Bertz CT molecular complexity index is 5800. The normalized spacial score (nSPS) is 17.1. The third kappa shape index (κ3) is 17.7. The third-order valence-corrected chi connectivity index (χ3v) is 32.7. The molecule has 0 unspecified atom stereocenters. The molecule has 111 heavy (non-hydrogen) atoms. The molecule has 3 aromatic heterocycles. The monoisotopic (exact) mass is 1740 g/mol. The lowest BCUT2D eigenvalue weighted by molar-refractivity contribution is 0.311. The van der Waals surface area contributed by atoms with Gasteiger partial charge in [-0.25, -0.2) is 33.7 Å². The van der Waals surface area contributed by atoms with Gasteiger partial charge in [0.15, 0.2) is 0 Å². The molecular weight excluding hydrogens is 1650 g/mol. The second kappa shape index (κ2) is 34.5. The van der Waals surface area contributed by atoms with Gasteiger partial charge in [-0.3, -0.25) is 0 Å². The number of aromatic nitrogens is 3. The Balaban J connectivity index is 0.000000130. The molecule has 0 amide bonds. The van der Waals surface area contributed by atoms with Crippen LogP contribution in [0.3, 0.4) is 0 Å². The largest absolute Gasteiger partial charge is 0.497 e. The van der Waals surface area contributed by atoms with E-state index in [4.69, 9.17) is 62.7 Å². The number of aryl methyl sites for hydroxylation is 5. The molecule has 1 aliphatic carbocycles. The number of sulfonamides is 4. The number of hydrogen-bond donors (Lipinski definition) is 3. The number of piperidine rings is 4. The van der Waals surface area contributed by atoms with Crippen LogP contribution < -0.4 is 4.74 Å².